The molecule has 0 saturated carbocycles. The van der Waals surface area contributed by atoms with Gasteiger partial charge in [0.1, 0.15) is 5.01 Å². The normalized spacial score (nSPS) is 26.9. The van der Waals surface area contributed by atoms with Crippen molar-refractivity contribution in [1.82, 2.24) is 15.2 Å². The van der Waals surface area contributed by atoms with E-state index in [0.717, 1.165) is 26.1 Å². The second-order valence-electron chi connectivity index (χ2n) is 4.56. The quantitative estimate of drug-likeness (QED) is 0.783. The lowest BCUT2D eigenvalue weighted by Gasteiger charge is -2.20. The average molecular weight is 223 g/mol. The number of hydrogen-bond donors (Lipinski definition) is 1. The van der Waals surface area contributed by atoms with E-state index >= 15 is 0 Å². The van der Waals surface area contributed by atoms with Gasteiger partial charge >= 0.3 is 0 Å². The molecule has 82 valence electrons. The summed E-state index contributed by atoms with van der Waals surface area (Å²) in [5.74, 6) is 0. The van der Waals surface area contributed by atoms with Crippen molar-refractivity contribution in [3.63, 3.8) is 0 Å². The Morgan fingerprint density at radius 1 is 1.53 bits per heavy atom. The fraction of sp³-hybridized carbons (Fsp3) is 0.727. The number of rotatable bonds is 1. The third kappa shape index (κ3) is 1.82. The first kappa shape index (κ1) is 9.75. The predicted octanol–water partition coefficient (Wildman–Crippen LogP) is 1.56. The van der Waals surface area contributed by atoms with Gasteiger partial charge in [-0.05, 0) is 26.4 Å². The zero-order chi connectivity index (χ0) is 10.3. The van der Waals surface area contributed by atoms with Crippen LogP contribution in [0.3, 0.4) is 0 Å². The largest absolute Gasteiger partial charge is 0.308 e. The Morgan fingerprint density at radius 2 is 2.47 bits per heavy atom. The summed E-state index contributed by atoms with van der Waals surface area (Å²) in [6, 6.07) is 0.547. The van der Waals surface area contributed by atoms with Crippen LogP contribution in [0.1, 0.15) is 34.5 Å². The summed E-state index contributed by atoms with van der Waals surface area (Å²) < 4.78 is 0. The van der Waals surface area contributed by atoms with Crippen molar-refractivity contribution in [2.75, 3.05) is 20.1 Å². The van der Waals surface area contributed by atoms with Gasteiger partial charge in [-0.3, -0.25) is 0 Å². The first-order chi connectivity index (χ1) is 7.33. The number of nitrogens with one attached hydrogen (secondary N) is 1. The molecule has 0 aromatic carbocycles. The molecule has 3 nitrogen and oxygen atoms in total. The predicted molar refractivity (Wildman–Crippen MR) is 62.1 cm³/mol. The van der Waals surface area contributed by atoms with Gasteiger partial charge in [0.15, 0.2) is 0 Å². The van der Waals surface area contributed by atoms with E-state index in [2.05, 4.69) is 17.3 Å². The van der Waals surface area contributed by atoms with Crippen LogP contribution in [0.25, 0.3) is 0 Å². The molecule has 15 heavy (non-hydrogen) atoms. The van der Waals surface area contributed by atoms with E-state index in [1.807, 2.05) is 11.3 Å². The molecular weight excluding hydrogens is 206 g/mol. The molecule has 1 N–H and O–H groups in total. The summed E-state index contributed by atoms with van der Waals surface area (Å²) in [6.45, 7) is 3.42. The Morgan fingerprint density at radius 3 is 3.27 bits per heavy atom. The standard InChI is InChI=1S/C11H17N3S/c1-14-6-4-8-10(7-14)15-11(13-8)9-3-2-5-12-9/h9,12H,2-7H2,1H3. The highest BCUT2D eigenvalue weighted by Gasteiger charge is 2.24. The molecule has 0 amide bonds. The maximum atomic E-state index is 4.80. The maximum absolute atomic E-state index is 4.80. The Bertz CT molecular complexity index is 355. The average Bonchev–Trinajstić information content (AvgIpc) is 2.84. The number of nitrogens with zero attached hydrogens (tertiary/aromatic N) is 2. The number of aromatic nitrogens is 1. The minimum atomic E-state index is 0.547. The van der Waals surface area contributed by atoms with Crippen LogP contribution >= 0.6 is 11.3 Å². The van der Waals surface area contributed by atoms with E-state index in [4.69, 9.17) is 4.98 Å². The Kier molecular flexibility index (Phi) is 2.50. The van der Waals surface area contributed by atoms with Crippen LogP contribution in [0.4, 0.5) is 0 Å². The van der Waals surface area contributed by atoms with Crippen molar-refractivity contribution < 1.29 is 0 Å². The smallest absolute Gasteiger partial charge is 0.110 e. The summed E-state index contributed by atoms with van der Waals surface area (Å²) in [6.07, 6.45) is 3.70. The zero-order valence-electron chi connectivity index (χ0n) is 9.12. The maximum Gasteiger partial charge on any atom is 0.110 e. The molecule has 2 aliphatic heterocycles. The number of likely N-dealkylation sites (N-methyl/N-ethyl adjacent to an activating group) is 1. The highest BCUT2D eigenvalue weighted by Crippen LogP contribution is 2.31. The number of fused-ring (bicyclic) bond motifs is 1. The van der Waals surface area contributed by atoms with Crippen LogP contribution in [0.2, 0.25) is 0 Å². The van der Waals surface area contributed by atoms with Crippen molar-refractivity contribution >= 4 is 11.3 Å². The lowest BCUT2D eigenvalue weighted by molar-refractivity contribution is 0.314. The second-order valence-corrected chi connectivity index (χ2v) is 5.67. The van der Waals surface area contributed by atoms with E-state index in [0.29, 0.717) is 6.04 Å². The first-order valence-corrected chi connectivity index (χ1v) is 6.55. The van der Waals surface area contributed by atoms with E-state index in [-0.39, 0.29) is 0 Å². The van der Waals surface area contributed by atoms with Crippen LogP contribution < -0.4 is 5.32 Å². The molecule has 1 fully saturated rings. The second kappa shape index (κ2) is 3.85. The van der Waals surface area contributed by atoms with E-state index in [1.54, 1.807) is 0 Å². The third-order valence-electron chi connectivity index (χ3n) is 3.30. The van der Waals surface area contributed by atoms with E-state index in [1.165, 1.54) is 28.4 Å². The van der Waals surface area contributed by atoms with E-state index in [9.17, 15) is 0 Å². The molecule has 0 bridgehead atoms. The molecule has 0 spiro atoms. The lowest BCUT2D eigenvalue weighted by Crippen LogP contribution is -2.25. The SMILES string of the molecule is CN1CCc2nc(C3CCCN3)sc2C1. The van der Waals surface area contributed by atoms with Crippen LogP contribution in [0.5, 0.6) is 0 Å². The fourth-order valence-electron chi connectivity index (χ4n) is 2.39. The van der Waals surface area contributed by atoms with Crippen LogP contribution in [-0.4, -0.2) is 30.0 Å². The van der Waals surface area contributed by atoms with Crippen molar-refractivity contribution in [1.29, 1.82) is 0 Å². The Labute approximate surface area is 94.5 Å². The molecule has 1 saturated heterocycles. The summed E-state index contributed by atoms with van der Waals surface area (Å²) >= 11 is 1.92. The lowest BCUT2D eigenvalue weighted by atomic mass is 10.2. The van der Waals surface area contributed by atoms with Crippen molar-refractivity contribution in [3.05, 3.63) is 15.6 Å². The summed E-state index contributed by atoms with van der Waals surface area (Å²) in [5, 5.41) is 4.85. The topological polar surface area (TPSA) is 28.2 Å². The molecule has 0 radical (unpaired) electrons. The van der Waals surface area contributed by atoms with Gasteiger partial charge in [0.2, 0.25) is 0 Å². The highest BCUT2D eigenvalue weighted by molar-refractivity contribution is 7.11. The molecular formula is C11H17N3S. The summed E-state index contributed by atoms with van der Waals surface area (Å²) in [7, 11) is 2.19. The van der Waals surface area contributed by atoms with Crippen LogP contribution in [0.15, 0.2) is 0 Å². The minimum Gasteiger partial charge on any atom is -0.308 e. The monoisotopic (exact) mass is 223 g/mol. The number of hydrogen-bond acceptors (Lipinski definition) is 4. The van der Waals surface area contributed by atoms with Crippen molar-refractivity contribution in [2.45, 2.75) is 31.8 Å². The van der Waals surface area contributed by atoms with Crippen LogP contribution in [-0.2, 0) is 13.0 Å². The summed E-state index contributed by atoms with van der Waals surface area (Å²) in [5.41, 5.74) is 1.36. The molecule has 1 unspecified atom stereocenters. The van der Waals surface area contributed by atoms with Gasteiger partial charge in [-0.15, -0.1) is 11.3 Å². The van der Waals surface area contributed by atoms with Gasteiger partial charge in [-0.1, -0.05) is 0 Å². The van der Waals surface area contributed by atoms with Gasteiger partial charge in [0.05, 0.1) is 11.7 Å². The third-order valence-corrected chi connectivity index (χ3v) is 4.49. The van der Waals surface area contributed by atoms with Gasteiger partial charge in [-0.2, -0.15) is 0 Å². The van der Waals surface area contributed by atoms with Crippen molar-refractivity contribution in [2.24, 2.45) is 0 Å². The molecule has 3 rings (SSSR count). The zero-order valence-corrected chi connectivity index (χ0v) is 9.94. The highest BCUT2D eigenvalue weighted by atomic mass is 32.1. The molecule has 1 aromatic heterocycles. The number of thiazole rings is 1. The van der Waals surface area contributed by atoms with Crippen molar-refractivity contribution in [3.8, 4) is 0 Å². The Hall–Kier alpha value is -0.450. The van der Waals surface area contributed by atoms with E-state index < -0.39 is 0 Å². The molecule has 1 aromatic rings. The fourth-order valence-corrected chi connectivity index (χ4v) is 3.69. The van der Waals surface area contributed by atoms with Crippen LogP contribution in [0, 0.1) is 0 Å². The molecule has 1 atom stereocenters. The Balaban J connectivity index is 1.85. The van der Waals surface area contributed by atoms with Gasteiger partial charge in [0, 0.05) is 24.4 Å². The first-order valence-electron chi connectivity index (χ1n) is 5.73. The molecule has 0 aliphatic carbocycles. The van der Waals surface area contributed by atoms with Gasteiger partial charge < -0.3 is 10.2 Å². The summed E-state index contributed by atoms with van der Waals surface area (Å²) in [4.78, 5) is 8.67. The molecule has 3 heterocycles. The molecule has 2 aliphatic rings. The van der Waals surface area contributed by atoms with Gasteiger partial charge in [0.25, 0.3) is 0 Å². The molecule has 4 heteroatoms. The minimum absolute atomic E-state index is 0.547. The van der Waals surface area contributed by atoms with Gasteiger partial charge in [-0.25, -0.2) is 4.98 Å².